The van der Waals surface area contributed by atoms with Gasteiger partial charge in [0.1, 0.15) is 5.75 Å². The summed E-state index contributed by atoms with van der Waals surface area (Å²) >= 11 is 0. The van der Waals surface area contributed by atoms with Gasteiger partial charge in [-0.25, -0.2) is 0 Å². The number of hydrogen-bond donors (Lipinski definition) is 6. The van der Waals surface area contributed by atoms with Crippen molar-refractivity contribution in [2.75, 3.05) is 59.0 Å². The van der Waals surface area contributed by atoms with Gasteiger partial charge in [-0.05, 0) is 148 Å². The first kappa shape index (κ1) is 41.8. The molecule has 6 unspecified atom stereocenters. The van der Waals surface area contributed by atoms with Crippen LogP contribution in [0.3, 0.4) is 0 Å². The number of aliphatic carboxylic acids is 3. The second-order valence-corrected chi connectivity index (χ2v) is 16.2. The maximum Gasteiger partial charge on any atom is 0.307 e. The van der Waals surface area contributed by atoms with Crippen molar-refractivity contribution in [1.82, 2.24) is 20.9 Å². The lowest BCUT2D eigenvalue weighted by molar-refractivity contribution is -0.144. The zero-order valence-corrected chi connectivity index (χ0v) is 32.7. The molecule has 1 amide bonds. The molecule has 0 radical (unpaired) electrons. The van der Waals surface area contributed by atoms with Crippen molar-refractivity contribution in [1.29, 1.82) is 0 Å². The molecule has 306 valence electrons. The third kappa shape index (κ3) is 12.1. The van der Waals surface area contributed by atoms with Crippen LogP contribution >= 0.6 is 0 Å². The van der Waals surface area contributed by atoms with Crippen molar-refractivity contribution in [3.63, 3.8) is 0 Å². The average molecular weight is 783 g/mol. The molecular weight excluding hydrogens is 725 g/mol. The van der Waals surface area contributed by atoms with E-state index >= 15 is 0 Å². The van der Waals surface area contributed by atoms with Gasteiger partial charge in [-0.15, -0.1) is 0 Å². The number of carboxylic acids is 3. The number of carbonyl (C=O) groups is 4. The normalized spacial score (nSPS) is 20.8. The first-order valence-corrected chi connectivity index (χ1v) is 20.6. The molecule has 0 bridgehead atoms. The van der Waals surface area contributed by atoms with E-state index in [1.165, 1.54) is 0 Å². The van der Waals surface area contributed by atoms with E-state index in [1.54, 1.807) is 11.0 Å². The van der Waals surface area contributed by atoms with Gasteiger partial charge in [-0.2, -0.15) is 0 Å². The minimum atomic E-state index is -0.808. The Balaban J connectivity index is 1.13. The summed E-state index contributed by atoms with van der Waals surface area (Å²) in [4.78, 5) is 52.2. The highest BCUT2D eigenvalue weighted by Gasteiger charge is 2.33. The van der Waals surface area contributed by atoms with Crippen molar-refractivity contribution in [3.05, 3.63) is 101 Å². The van der Waals surface area contributed by atoms with Crippen LogP contribution in [0.1, 0.15) is 47.1 Å². The summed E-state index contributed by atoms with van der Waals surface area (Å²) in [5, 5.41) is 39.8. The molecule has 6 atom stereocenters. The van der Waals surface area contributed by atoms with Crippen molar-refractivity contribution in [3.8, 4) is 5.75 Å². The molecule has 6 N–H and O–H groups in total. The van der Waals surface area contributed by atoms with Gasteiger partial charge in [0.2, 0.25) is 0 Å². The van der Waals surface area contributed by atoms with Gasteiger partial charge in [0.05, 0.1) is 17.8 Å². The highest BCUT2D eigenvalue weighted by molar-refractivity contribution is 5.78. The van der Waals surface area contributed by atoms with Gasteiger partial charge in [-0.3, -0.25) is 19.2 Å². The summed E-state index contributed by atoms with van der Waals surface area (Å²) in [6.07, 6.45) is 4.95. The fraction of sp³-hybridized carbons (Fsp3) is 0.511. The lowest BCUT2D eigenvalue weighted by Gasteiger charge is -2.24. The largest absolute Gasteiger partial charge is 0.484 e. The first-order chi connectivity index (χ1) is 27.6. The van der Waals surface area contributed by atoms with Crippen molar-refractivity contribution >= 4 is 23.8 Å². The molecule has 3 aromatic rings. The molecule has 0 spiro atoms. The van der Waals surface area contributed by atoms with Crippen LogP contribution in [0.25, 0.3) is 0 Å². The topological polar surface area (TPSA) is 178 Å². The van der Waals surface area contributed by atoms with E-state index in [1.807, 2.05) is 54.6 Å². The van der Waals surface area contributed by atoms with Crippen molar-refractivity contribution < 1.29 is 39.2 Å². The van der Waals surface area contributed by atoms with Gasteiger partial charge in [-0.1, -0.05) is 60.7 Å². The number of rotatable bonds is 21. The summed E-state index contributed by atoms with van der Waals surface area (Å²) in [6, 6.07) is 23.3. The maximum absolute atomic E-state index is 13.9. The second-order valence-electron chi connectivity index (χ2n) is 16.2. The highest BCUT2D eigenvalue weighted by atomic mass is 16.5. The predicted octanol–water partition coefficient (Wildman–Crippen LogP) is 3.94. The summed E-state index contributed by atoms with van der Waals surface area (Å²) in [5.74, 6) is -3.22. The number of ether oxygens (including phenoxy) is 1. The second kappa shape index (κ2) is 20.6. The number of hydrogen-bond acceptors (Lipinski definition) is 8. The highest BCUT2D eigenvalue weighted by Crippen LogP contribution is 2.27. The maximum atomic E-state index is 13.9. The van der Waals surface area contributed by atoms with Crippen LogP contribution < -0.4 is 20.7 Å². The Morgan fingerprint density at radius 2 is 0.965 bits per heavy atom. The minimum Gasteiger partial charge on any atom is -0.484 e. The molecule has 3 heterocycles. The summed E-state index contributed by atoms with van der Waals surface area (Å²) < 4.78 is 6.06. The Labute approximate surface area is 335 Å². The molecule has 3 fully saturated rings. The molecule has 0 aliphatic carbocycles. The zero-order chi connectivity index (χ0) is 40.1. The Hall–Kier alpha value is -4.78. The molecule has 12 heteroatoms. The van der Waals surface area contributed by atoms with Crippen LogP contribution in [0.5, 0.6) is 5.75 Å². The van der Waals surface area contributed by atoms with Crippen LogP contribution in [-0.2, 0) is 51.3 Å². The zero-order valence-electron chi connectivity index (χ0n) is 32.7. The summed E-state index contributed by atoms with van der Waals surface area (Å²) in [5.41, 5.74) is 4.81. The Bertz CT molecular complexity index is 1730. The first-order valence-electron chi connectivity index (χ1n) is 20.6. The van der Waals surface area contributed by atoms with E-state index < -0.39 is 35.7 Å². The molecule has 3 saturated heterocycles. The Kier molecular flexibility index (Phi) is 15.1. The average Bonchev–Trinajstić information content (AvgIpc) is 4.03. The van der Waals surface area contributed by atoms with Gasteiger partial charge in [0.25, 0.3) is 5.91 Å². The molecule has 12 nitrogen and oxygen atoms in total. The van der Waals surface area contributed by atoms with E-state index in [0.29, 0.717) is 70.6 Å². The molecule has 3 aliphatic heterocycles. The third-order valence-corrected chi connectivity index (χ3v) is 12.3. The number of amides is 1. The lowest BCUT2D eigenvalue weighted by atomic mass is 9.86. The van der Waals surface area contributed by atoms with Crippen molar-refractivity contribution in [2.45, 2.75) is 51.4 Å². The number of carbonyl (C=O) groups excluding carboxylic acids is 1. The van der Waals surface area contributed by atoms with Gasteiger partial charge >= 0.3 is 17.9 Å². The predicted molar refractivity (Wildman–Crippen MR) is 216 cm³/mol. The van der Waals surface area contributed by atoms with Gasteiger partial charge < -0.3 is 40.9 Å². The molecule has 6 rings (SSSR count). The number of nitrogens with zero attached hydrogens (tertiary/aromatic N) is 1. The van der Waals surface area contributed by atoms with Crippen LogP contribution in [0.15, 0.2) is 72.8 Å². The van der Waals surface area contributed by atoms with Crippen LogP contribution in [0.4, 0.5) is 0 Å². The quantitative estimate of drug-likeness (QED) is 0.0923. The van der Waals surface area contributed by atoms with E-state index in [0.717, 1.165) is 66.7 Å². The fourth-order valence-electron chi connectivity index (χ4n) is 8.90. The van der Waals surface area contributed by atoms with Crippen LogP contribution in [0.2, 0.25) is 0 Å². The van der Waals surface area contributed by atoms with E-state index in [2.05, 4.69) is 28.1 Å². The molecule has 3 aromatic carbocycles. The number of carboxylic acid groups (broad SMARTS) is 3. The lowest BCUT2D eigenvalue weighted by Crippen LogP contribution is -2.38. The molecule has 57 heavy (non-hydrogen) atoms. The molecule has 3 aliphatic rings. The monoisotopic (exact) mass is 782 g/mol. The Morgan fingerprint density at radius 1 is 0.579 bits per heavy atom. The van der Waals surface area contributed by atoms with E-state index in [4.69, 9.17) is 4.74 Å². The Morgan fingerprint density at radius 3 is 1.35 bits per heavy atom. The third-order valence-electron chi connectivity index (χ3n) is 12.3. The smallest absolute Gasteiger partial charge is 0.307 e. The van der Waals surface area contributed by atoms with Crippen LogP contribution in [-0.4, -0.2) is 103 Å². The van der Waals surface area contributed by atoms with E-state index in [-0.39, 0.29) is 30.3 Å². The van der Waals surface area contributed by atoms with Gasteiger partial charge in [0, 0.05) is 13.1 Å². The van der Waals surface area contributed by atoms with Crippen molar-refractivity contribution in [2.24, 2.45) is 35.5 Å². The molecular formula is C45H58N4O8. The SMILES string of the molecule is O=C(O)C(Cc1cccc(CCN(CCc2cccc(CC(C(=O)O)C3CCNC3)c2)C(=O)COc2cccc(CC(C(=O)O)C3CCNC3)c2)c1)C1CCNC1. The summed E-state index contributed by atoms with van der Waals surface area (Å²) in [7, 11) is 0. The van der Waals surface area contributed by atoms with E-state index in [9.17, 15) is 34.5 Å². The summed E-state index contributed by atoms with van der Waals surface area (Å²) in [6.45, 7) is 5.25. The molecule has 0 aromatic heterocycles. The standard InChI is InChI=1S/C45H58N4O8/c50-42(29-57-38-9-3-8-34(22-38)25-41(45(55)56)37-12-17-48-28-37)49(18-13-30-4-1-6-32(20-30)23-39(43(51)52)35-10-15-46-26-35)19-14-31-5-2-7-33(21-31)24-40(44(53)54)36-11-16-47-27-36/h1-9,20-22,35-37,39-41,46-48H,10-19,23-29H2,(H,51,52)(H,53,54)(H,55,56). The van der Waals surface area contributed by atoms with Gasteiger partial charge in [0.15, 0.2) is 6.61 Å². The molecule has 0 saturated carbocycles. The minimum absolute atomic E-state index is 0.0648. The fourth-order valence-corrected chi connectivity index (χ4v) is 8.90. The number of benzene rings is 3. The number of nitrogens with one attached hydrogen (secondary N) is 3. The van der Waals surface area contributed by atoms with Crippen LogP contribution in [0, 0.1) is 35.5 Å².